The molecule has 0 aliphatic rings. The predicted octanol–water partition coefficient (Wildman–Crippen LogP) is 1.88. The first-order chi connectivity index (χ1) is 9.06. The van der Waals surface area contributed by atoms with Crippen LogP contribution in [0.2, 0.25) is 0 Å². The Hall–Kier alpha value is -1.86. The highest BCUT2D eigenvalue weighted by atomic mass is 32.1. The van der Waals surface area contributed by atoms with Gasteiger partial charge in [-0.15, -0.1) is 21.5 Å². The number of thiazole rings is 1. The van der Waals surface area contributed by atoms with E-state index in [2.05, 4.69) is 20.2 Å². The fourth-order valence-electron chi connectivity index (χ4n) is 2.00. The SMILES string of the molecule is Cc1cc2nnc(-c3csc(C(C)N)n3)n2c(C)n1. The third kappa shape index (κ3) is 2.00. The lowest BCUT2D eigenvalue weighted by Crippen LogP contribution is -2.04. The molecule has 0 aromatic carbocycles. The van der Waals surface area contributed by atoms with Gasteiger partial charge in [0.15, 0.2) is 11.5 Å². The van der Waals surface area contributed by atoms with Crippen molar-refractivity contribution in [2.75, 3.05) is 0 Å². The van der Waals surface area contributed by atoms with Gasteiger partial charge in [0.2, 0.25) is 0 Å². The number of aryl methyl sites for hydroxylation is 2. The van der Waals surface area contributed by atoms with Crippen LogP contribution in [-0.4, -0.2) is 24.6 Å². The molecular formula is C12H14N6S. The molecule has 3 heterocycles. The summed E-state index contributed by atoms with van der Waals surface area (Å²) < 4.78 is 1.91. The third-order valence-electron chi connectivity index (χ3n) is 2.83. The van der Waals surface area contributed by atoms with E-state index in [1.54, 1.807) is 0 Å². The van der Waals surface area contributed by atoms with E-state index >= 15 is 0 Å². The Kier molecular flexibility index (Phi) is 2.79. The molecule has 6 nitrogen and oxygen atoms in total. The molecule has 19 heavy (non-hydrogen) atoms. The smallest absolute Gasteiger partial charge is 0.189 e. The summed E-state index contributed by atoms with van der Waals surface area (Å²) in [6, 6.07) is 1.84. The van der Waals surface area contributed by atoms with Crippen molar-refractivity contribution < 1.29 is 0 Å². The summed E-state index contributed by atoms with van der Waals surface area (Å²) in [5, 5.41) is 11.2. The van der Waals surface area contributed by atoms with Crippen LogP contribution >= 0.6 is 11.3 Å². The minimum absolute atomic E-state index is 0.0700. The molecule has 2 N–H and O–H groups in total. The molecule has 0 aliphatic carbocycles. The third-order valence-corrected chi connectivity index (χ3v) is 3.87. The van der Waals surface area contributed by atoms with E-state index in [1.165, 1.54) is 11.3 Å². The minimum atomic E-state index is -0.0700. The Balaban J connectivity index is 2.19. The Morgan fingerprint density at radius 1 is 1.26 bits per heavy atom. The second-order valence-corrected chi connectivity index (χ2v) is 5.41. The molecule has 0 fully saturated rings. The molecule has 0 spiro atoms. The molecular weight excluding hydrogens is 260 g/mol. The summed E-state index contributed by atoms with van der Waals surface area (Å²) in [6.07, 6.45) is 0. The monoisotopic (exact) mass is 274 g/mol. The summed E-state index contributed by atoms with van der Waals surface area (Å²) in [5.74, 6) is 1.56. The Labute approximate surface area is 114 Å². The highest BCUT2D eigenvalue weighted by molar-refractivity contribution is 7.10. The molecule has 0 saturated heterocycles. The van der Waals surface area contributed by atoms with Crippen LogP contribution in [0.3, 0.4) is 0 Å². The van der Waals surface area contributed by atoms with Crippen LogP contribution in [0.25, 0.3) is 17.2 Å². The first kappa shape index (κ1) is 12.2. The number of hydrogen-bond donors (Lipinski definition) is 1. The zero-order valence-electron chi connectivity index (χ0n) is 11.0. The summed E-state index contributed by atoms with van der Waals surface area (Å²) in [6.45, 7) is 5.80. The zero-order chi connectivity index (χ0) is 13.6. The predicted molar refractivity (Wildman–Crippen MR) is 74.0 cm³/mol. The van der Waals surface area contributed by atoms with E-state index in [9.17, 15) is 0 Å². The Morgan fingerprint density at radius 3 is 2.74 bits per heavy atom. The van der Waals surface area contributed by atoms with E-state index in [0.717, 1.165) is 27.9 Å². The number of nitrogens with two attached hydrogens (primary N) is 1. The quantitative estimate of drug-likeness (QED) is 0.771. The summed E-state index contributed by atoms with van der Waals surface area (Å²) in [5.41, 5.74) is 8.34. The molecule has 0 amide bonds. The molecule has 1 atom stereocenters. The van der Waals surface area contributed by atoms with E-state index in [4.69, 9.17) is 5.73 Å². The molecule has 3 aromatic heterocycles. The molecule has 1 unspecified atom stereocenters. The first-order valence-corrected chi connectivity index (χ1v) is 6.85. The molecule has 0 radical (unpaired) electrons. The van der Waals surface area contributed by atoms with Crippen LogP contribution in [0, 0.1) is 13.8 Å². The Morgan fingerprint density at radius 2 is 2.05 bits per heavy atom. The lowest BCUT2D eigenvalue weighted by molar-refractivity contribution is 0.806. The summed E-state index contributed by atoms with van der Waals surface area (Å²) in [7, 11) is 0. The number of rotatable bonds is 2. The lowest BCUT2D eigenvalue weighted by Gasteiger charge is -2.02. The van der Waals surface area contributed by atoms with E-state index in [1.807, 2.05) is 36.6 Å². The van der Waals surface area contributed by atoms with Crippen LogP contribution in [0.5, 0.6) is 0 Å². The lowest BCUT2D eigenvalue weighted by atomic mass is 10.3. The van der Waals surface area contributed by atoms with Crippen LogP contribution in [0.1, 0.15) is 29.5 Å². The van der Waals surface area contributed by atoms with E-state index in [-0.39, 0.29) is 6.04 Å². The largest absolute Gasteiger partial charge is 0.322 e. The fraction of sp³-hybridized carbons (Fsp3) is 0.333. The van der Waals surface area contributed by atoms with Crippen molar-refractivity contribution in [1.29, 1.82) is 0 Å². The average Bonchev–Trinajstić information content (AvgIpc) is 2.93. The fourth-order valence-corrected chi connectivity index (χ4v) is 2.75. The van der Waals surface area contributed by atoms with E-state index in [0.29, 0.717) is 5.82 Å². The van der Waals surface area contributed by atoms with Crippen molar-refractivity contribution in [3.8, 4) is 11.5 Å². The van der Waals surface area contributed by atoms with Gasteiger partial charge < -0.3 is 5.73 Å². The van der Waals surface area contributed by atoms with Crippen LogP contribution in [0.4, 0.5) is 0 Å². The molecule has 7 heteroatoms. The van der Waals surface area contributed by atoms with Gasteiger partial charge in [-0.3, -0.25) is 4.40 Å². The number of aromatic nitrogens is 5. The number of fused-ring (bicyclic) bond motifs is 1. The van der Waals surface area contributed by atoms with Crippen LogP contribution in [0.15, 0.2) is 11.4 Å². The van der Waals surface area contributed by atoms with Gasteiger partial charge >= 0.3 is 0 Å². The van der Waals surface area contributed by atoms with Gasteiger partial charge in [0.05, 0.1) is 6.04 Å². The van der Waals surface area contributed by atoms with Crippen LogP contribution < -0.4 is 5.73 Å². The van der Waals surface area contributed by atoms with Gasteiger partial charge in [0.25, 0.3) is 0 Å². The molecule has 0 saturated carbocycles. The van der Waals surface area contributed by atoms with Gasteiger partial charge in [-0.2, -0.15) is 0 Å². The maximum Gasteiger partial charge on any atom is 0.189 e. The zero-order valence-corrected chi connectivity index (χ0v) is 11.8. The van der Waals surface area contributed by atoms with Crippen molar-refractivity contribution in [3.05, 3.63) is 28.0 Å². The van der Waals surface area contributed by atoms with Crippen LogP contribution in [-0.2, 0) is 0 Å². The normalized spacial score (nSPS) is 13.1. The van der Waals surface area contributed by atoms with Gasteiger partial charge in [0, 0.05) is 17.1 Å². The maximum atomic E-state index is 5.84. The van der Waals surface area contributed by atoms with Crippen molar-refractivity contribution in [2.45, 2.75) is 26.8 Å². The highest BCUT2D eigenvalue weighted by Gasteiger charge is 2.15. The average molecular weight is 274 g/mol. The van der Waals surface area contributed by atoms with E-state index < -0.39 is 0 Å². The second-order valence-electron chi connectivity index (χ2n) is 4.52. The maximum absolute atomic E-state index is 5.84. The second kappa shape index (κ2) is 4.36. The summed E-state index contributed by atoms with van der Waals surface area (Å²) in [4.78, 5) is 8.94. The molecule has 0 aliphatic heterocycles. The van der Waals surface area contributed by atoms with Gasteiger partial charge in [-0.1, -0.05) is 0 Å². The van der Waals surface area contributed by atoms with Crippen molar-refractivity contribution in [3.63, 3.8) is 0 Å². The van der Waals surface area contributed by atoms with Crippen molar-refractivity contribution in [2.24, 2.45) is 5.73 Å². The standard InChI is InChI=1S/C12H14N6S/c1-6-4-10-16-17-11(18(10)8(3)14-6)9-5-19-12(15-9)7(2)13/h4-5,7H,13H2,1-3H3. The number of hydrogen-bond acceptors (Lipinski definition) is 6. The molecule has 98 valence electrons. The number of nitrogens with zero attached hydrogens (tertiary/aromatic N) is 5. The van der Waals surface area contributed by atoms with Gasteiger partial charge in [0.1, 0.15) is 16.5 Å². The highest BCUT2D eigenvalue weighted by Crippen LogP contribution is 2.24. The molecule has 0 bridgehead atoms. The minimum Gasteiger partial charge on any atom is -0.322 e. The molecule has 3 aromatic rings. The summed E-state index contributed by atoms with van der Waals surface area (Å²) >= 11 is 1.54. The first-order valence-electron chi connectivity index (χ1n) is 5.97. The Bertz CT molecular complexity index is 742. The topological polar surface area (TPSA) is 82.0 Å². The molecule has 3 rings (SSSR count). The van der Waals surface area contributed by atoms with Crippen molar-refractivity contribution >= 4 is 17.0 Å². The van der Waals surface area contributed by atoms with Crippen molar-refractivity contribution in [1.82, 2.24) is 24.6 Å². The van der Waals surface area contributed by atoms with Gasteiger partial charge in [-0.05, 0) is 20.8 Å². The van der Waals surface area contributed by atoms with Gasteiger partial charge in [-0.25, -0.2) is 9.97 Å².